The van der Waals surface area contributed by atoms with E-state index >= 15 is 0 Å². The number of piperazine rings is 1. The first-order valence-corrected chi connectivity index (χ1v) is 6.98. The summed E-state index contributed by atoms with van der Waals surface area (Å²) in [6, 6.07) is 10.7. The monoisotopic (exact) mass is 248 g/mol. The van der Waals surface area contributed by atoms with Crippen LogP contribution in [0.2, 0.25) is 0 Å². The average molecular weight is 248 g/mol. The van der Waals surface area contributed by atoms with Crippen LogP contribution >= 0.6 is 0 Å². The molecule has 0 saturated carbocycles. The van der Waals surface area contributed by atoms with E-state index in [1.54, 1.807) is 0 Å². The van der Waals surface area contributed by atoms with Gasteiger partial charge in [-0.3, -0.25) is 4.90 Å². The molecule has 1 aromatic rings. The molecular weight excluding hydrogens is 224 g/mol. The van der Waals surface area contributed by atoms with Crippen molar-refractivity contribution >= 4 is 0 Å². The van der Waals surface area contributed by atoms with E-state index in [9.17, 15) is 0 Å². The molecule has 18 heavy (non-hydrogen) atoms. The number of aliphatic hydroxyl groups is 1. The zero-order chi connectivity index (χ0) is 12.6. The predicted molar refractivity (Wildman–Crippen MR) is 74.7 cm³/mol. The van der Waals surface area contributed by atoms with Crippen LogP contribution in [0.3, 0.4) is 0 Å². The van der Waals surface area contributed by atoms with E-state index in [4.69, 9.17) is 5.11 Å². The zero-order valence-electron chi connectivity index (χ0n) is 11.1. The van der Waals surface area contributed by atoms with E-state index in [0.717, 1.165) is 32.7 Å². The lowest BCUT2D eigenvalue weighted by Crippen LogP contribution is -2.47. The number of hydrogen-bond acceptors (Lipinski definition) is 3. The van der Waals surface area contributed by atoms with Crippen molar-refractivity contribution < 1.29 is 5.11 Å². The molecule has 0 spiro atoms. The SMILES string of the molecule is OCCN1CCN(CCCc2ccccc2)CC1. The van der Waals surface area contributed by atoms with Crippen LogP contribution in [0.1, 0.15) is 12.0 Å². The van der Waals surface area contributed by atoms with Gasteiger partial charge < -0.3 is 10.0 Å². The summed E-state index contributed by atoms with van der Waals surface area (Å²) in [6.45, 7) is 6.81. The Morgan fingerprint density at radius 2 is 1.50 bits per heavy atom. The molecule has 0 radical (unpaired) electrons. The van der Waals surface area contributed by atoms with Gasteiger partial charge in [0.05, 0.1) is 6.61 Å². The van der Waals surface area contributed by atoms with Crippen molar-refractivity contribution in [2.45, 2.75) is 12.8 Å². The minimum absolute atomic E-state index is 0.286. The maximum absolute atomic E-state index is 8.90. The highest BCUT2D eigenvalue weighted by molar-refractivity contribution is 5.14. The second-order valence-corrected chi connectivity index (χ2v) is 5.00. The summed E-state index contributed by atoms with van der Waals surface area (Å²) >= 11 is 0. The molecular formula is C15H24N2O. The molecule has 1 N–H and O–H groups in total. The molecule has 1 saturated heterocycles. The van der Waals surface area contributed by atoms with Crippen LogP contribution in [0.25, 0.3) is 0 Å². The highest BCUT2D eigenvalue weighted by Crippen LogP contribution is 2.06. The molecule has 3 heteroatoms. The van der Waals surface area contributed by atoms with Crippen molar-refractivity contribution in [1.82, 2.24) is 9.80 Å². The molecule has 2 rings (SSSR count). The lowest BCUT2D eigenvalue weighted by molar-refractivity contribution is 0.112. The largest absolute Gasteiger partial charge is 0.395 e. The number of aryl methyl sites for hydroxylation is 1. The lowest BCUT2D eigenvalue weighted by Gasteiger charge is -2.34. The number of nitrogens with zero attached hydrogens (tertiary/aromatic N) is 2. The van der Waals surface area contributed by atoms with Crippen molar-refractivity contribution in [1.29, 1.82) is 0 Å². The molecule has 100 valence electrons. The highest BCUT2D eigenvalue weighted by atomic mass is 16.3. The van der Waals surface area contributed by atoms with Crippen molar-refractivity contribution in [2.24, 2.45) is 0 Å². The number of benzene rings is 1. The second-order valence-electron chi connectivity index (χ2n) is 5.00. The minimum atomic E-state index is 0.286. The Labute approximate surface area is 110 Å². The van der Waals surface area contributed by atoms with Crippen molar-refractivity contribution in [2.75, 3.05) is 45.9 Å². The summed E-state index contributed by atoms with van der Waals surface area (Å²) in [5.41, 5.74) is 1.44. The van der Waals surface area contributed by atoms with Gasteiger partial charge in [-0.05, 0) is 24.9 Å². The molecule has 1 aliphatic heterocycles. The van der Waals surface area contributed by atoms with Crippen LogP contribution in [0, 0.1) is 0 Å². The second kappa shape index (κ2) is 7.52. The lowest BCUT2D eigenvalue weighted by atomic mass is 10.1. The molecule has 0 amide bonds. The fourth-order valence-corrected chi connectivity index (χ4v) is 2.53. The van der Waals surface area contributed by atoms with E-state index < -0.39 is 0 Å². The van der Waals surface area contributed by atoms with E-state index in [2.05, 4.69) is 40.1 Å². The molecule has 1 aliphatic rings. The standard InChI is InChI=1S/C15H24N2O/c18-14-13-17-11-9-16(10-12-17)8-4-7-15-5-2-1-3-6-15/h1-3,5-6,18H,4,7-14H2. The van der Waals surface area contributed by atoms with Gasteiger partial charge in [0.15, 0.2) is 0 Å². The predicted octanol–water partition coefficient (Wildman–Crippen LogP) is 1.23. The van der Waals surface area contributed by atoms with Crippen LogP contribution in [0.5, 0.6) is 0 Å². The van der Waals surface area contributed by atoms with Gasteiger partial charge in [0.25, 0.3) is 0 Å². The Hall–Kier alpha value is -0.900. The van der Waals surface area contributed by atoms with Crippen LogP contribution in [0.4, 0.5) is 0 Å². The molecule has 3 nitrogen and oxygen atoms in total. The van der Waals surface area contributed by atoms with Crippen molar-refractivity contribution in [3.05, 3.63) is 35.9 Å². The fourth-order valence-electron chi connectivity index (χ4n) is 2.53. The Balaban J connectivity index is 1.61. The average Bonchev–Trinajstić information content (AvgIpc) is 2.42. The Morgan fingerprint density at radius 1 is 0.889 bits per heavy atom. The smallest absolute Gasteiger partial charge is 0.0558 e. The first-order valence-electron chi connectivity index (χ1n) is 6.98. The van der Waals surface area contributed by atoms with Crippen LogP contribution in [-0.2, 0) is 6.42 Å². The van der Waals surface area contributed by atoms with E-state index in [1.165, 1.54) is 24.9 Å². The summed E-state index contributed by atoms with van der Waals surface area (Å²) in [6.07, 6.45) is 2.42. The Morgan fingerprint density at radius 3 is 2.11 bits per heavy atom. The summed E-state index contributed by atoms with van der Waals surface area (Å²) in [5.74, 6) is 0. The molecule has 0 atom stereocenters. The number of hydrogen-bond donors (Lipinski definition) is 1. The van der Waals surface area contributed by atoms with E-state index in [-0.39, 0.29) is 6.61 Å². The molecule has 0 aliphatic carbocycles. The third kappa shape index (κ3) is 4.41. The first-order chi connectivity index (χ1) is 8.88. The van der Waals surface area contributed by atoms with Crippen LogP contribution in [0.15, 0.2) is 30.3 Å². The van der Waals surface area contributed by atoms with Gasteiger partial charge in [0.1, 0.15) is 0 Å². The topological polar surface area (TPSA) is 26.7 Å². The third-order valence-electron chi connectivity index (χ3n) is 3.66. The highest BCUT2D eigenvalue weighted by Gasteiger charge is 2.15. The summed E-state index contributed by atoms with van der Waals surface area (Å²) < 4.78 is 0. The molecule has 1 aromatic carbocycles. The van der Waals surface area contributed by atoms with Crippen LogP contribution < -0.4 is 0 Å². The normalized spacial score (nSPS) is 18.1. The van der Waals surface area contributed by atoms with E-state index in [0.29, 0.717) is 0 Å². The van der Waals surface area contributed by atoms with Gasteiger partial charge in [0, 0.05) is 32.7 Å². The Kier molecular flexibility index (Phi) is 5.65. The van der Waals surface area contributed by atoms with Gasteiger partial charge >= 0.3 is 0 Å². The fraction of sp³-hybridized carbons (Fsp3) is 0.600. The number of β-amino-alcohol motifs (C(OH)–C–C–N with tert-alkyl or cyclic N) is 1. The minimum Gasteiger partial charge on any atom is -0.395 e. The third-order valence-corrected chi connectivity index (χ3v) is 3.66. The Bertz CT molecular complexity index is 321. The first kappa shape index (κ1) is 13.5. The van der Waals surface area contributed by atoms with Crippen LogP contribution in [-0.4, -0.2) is 60.8 Å². The molecule has 0 aromatic heterocycles. The quantitative estimate of drug-likeness (QED) is 0.820. The maximum Gasteiger partial charge on any atom is 0.0558 e. The number of rotatable bonds is 6. The van der Waals surface area contributed by atoms with Gasteiger partial charge in [-0.25, -0.2) is 0 Å². The molecule has 1 heterocycles. The van der Waals surface area contributed by atoms with Gasteiger partial charge in [-0.15, -0.1) is 0 Å². The molecule has 1 fully saturated rings. The van der Waals surface area contributed by atoms with E-state index in [1.807, 2.05) is 0 Å². The van der Waals surface area contributed by atoms with Gasteiger partial charge in [-0.1, -0.05) is 30.3 Å². The van der Waals surface area contributed by atoms with Gasteiger partial charge in [-0.2, -0.15) is 0 Å². The summed E-state index contributed by atoms with van der Waals surface area (Å²) in [5, 5.41) is 8.90. The molecule has 0 unspecified atom stereocenters. The summed E-state index contributed by atoms with van der Waals surface area (Å²) in [4.78, 5) is 4.88. The maximum atomic E-state index is 8.90. The van der Waals surface area contributed by atoms with Gasteiger partial charge in [0.2, 0.25) is 0 Å². The summed E-state index contributed by atoms with van der Waals surface area (Å²) in [7, 11) is 0. The molecule has 0 bridgehead atoms. The van der Waals surface area contributed by atoms with Crippen molar-refractivity contribution in [3.63, 3.8) is 0 Å². The zero-order valence-corrected chi connectivity index (χ0v) is 11.1. The van der Waals surface area contributed by atoms with Crippen molar-refractivity contribution in [3.8, 4) is 0 Å². The number of aliphatic hydroxyl groups excluding tert-OH is 1.